The van der Waals surface area contributed by atoms with E-state index in [0.717, 1.165) is 5.56 Å². The number of nitrogen functional groups attached to an aromatic ring is 1. The third-order valence-corrected chi connectivity index (χ3v) is 2.91. The summed E-state index contributed by atoms with van der Waals surface area (Å²) >= 11 is 0. The molecule has 0 aromatic carbocycles. The van der Waals surface area contributed by atoms with Crippen LogP contribution in [0.1, 0.15) is 22.3 Å². The number of anilines is 1. The second-order valence-electron chi connectivity index (χ2n) is 4.47. The van der Waals surface area contributed by atoms with Gasteiger partial charge in [0.05, 0.1) is 18.1 Å². The number of pyridine rings is 2. The summed E-state index contributed by atoms with van der Waals surface area (Å²) in [5, 5.41) is 8.74. The SMILES string of the molecule is N#CCCN(Cc1cccnc1)C(=O)c1ccc(N)nc1. The monoisotopic (exact) mass is 281 g/mol. The Kier molecular flexibility index (Phi) is 4.83. The maximum Gasteiger partial charge on any atom is 0.255 e. The molecule has 0 unspecified atom stereocenters. The zero-order chi connectivity index (χ0) is 15.1. The molecule has 6 heteroatoms. The average Bonchev–Trinajstić information content (AvgIpc) is 2.52. The molecule has 1 amide bonds. The molecule has 0 radical (unpaired) electrons. The van der Waals surface area contributed by atoms with Gasteiger partial charge in [-0.2, -0.15) is 5.26 Å². The van der Waals surface area contributed by atoms with Crippen LogP contribution in [0.2, 0.25) is 0 Å². The van der Waals surface area contributed by atoms with Gasteiger partial charge in [0.2, 0.25) is 0 Å². The highest BCUT2D eigenvalue weighted by atomic mass is 16.2. The van der Waals surface area contributed by atoms with Crippen molar-refractivity contribution in [1.29, 1.82) is 5.26 Å². The molecule has 0 aliphatic rings. The molecule has 0 aliphatic carbocycles. The van der Waals surface area contributed by atoms with Crippen LogP contribution in [0.25, 0.3) is 0 Å². The van der Waals surface area contributed by atoms with Gasteiger partial charge in [-0.05, 0) is 23.8 Å². The van der Waals surface area contributed by atoms with E-state index in [4.69, 9.17) is 11.0 Å². The van der Waals surface area contributed by atoms with E-state index in [2.05, 4.69) is 16.0 Å². The third kappa shape index (κ3) is 4.01. The summed E-state index contributed by atoms with van der Waals surface area (Å²) < 4.78 is 0. The van der Waals surface area contributed by atoms with E-state index in [0.29, 0.717) is 24.5 Å². The quantitative estimate of drug-likeness (QED) is 0.898. The molecular weight excluding hydrogens is 266 g/mol. The van der Waals surface area contributed by atoms with Crippen LogP contribution in [0, 0.1) is 11.3 Å². The summed E-state index contributed by atoms with van der Waals surface area (Å²) in [6, 6.07) is 8.97. The molecule has 0 spiro atoms. The fourth-order valence-corrected chi connectivity index (χ4v) is 1.86. The average molecular weight is 281 g/mol. The number of carbonyl (C=O) groups is 1. The Bertz CT molecular complexity index is 633. The number of hydrogen-bond donors (Lipinski definition) is 1. The van der Waals surface area contributed by atoms with E-state index in [-0.39, 0.29) is 12.3 Å². The Hall–Kier alpha value is -2.94. The van der Waals surface area contributed by atoms with Crippen molar-refractivity contribution in [2.75, 3.05) is 12.3 Å². The molecule has 2 rings (SSSR count). The Morgan fingerprint density at radius 2 is 2.19 bits per heavy atom. The van der Waals surface area contributed by atoms with Gasteiger partial charge < -0.3 is 10.6 Å². The van der Waals surface area contributed by atoms with E-state index in [1.165, 1.54) is 6.20 Å². The summed E-state index contributed by atoms with van der Waals surface area (Å²) in [7, 11) is 0. The van der Waals surface area contributed by atoms with Crippen molar-refractivity contribution in [3.63, 3.8) is 0 Å². The van der Waals surface area contributed by atoms with Gasteiger partial charge >= 0.3 is 0 Å². The number of hydrogen-bond acceptors (Lipinski definition) is 5. The lowest BCUT2D eigenvalue weighted by molar-refractivity contribution is 0.0746. The Morgan fingerprint density at radius 3 is 2.81 bits per heavy atom. The Morgan fingerprint density at radius 1 is 1.33 bits per heavy atom. The number of nitrogens with two attached hydrogens (primary N) is 1. The molecular formula is C15H15N5O. The maximum atomic E-state index is 12.5. The number of aromatic nitrogens is 2. The standard InChI is InChI=1S/C15H15N5O/c16-6-2-8-20(11-12-3-1-7-18-9-12)15(21)13-4-5-14(17)19-10-13/h1,3-5,7,9-10H,2,8,11H2,(H2,17,19). The maximum absolute atomic E-state index is 12.5. The first-order chi connectivity index (χ1) is 10.2. The predicted octanol–water partition coefficient (Wildman–Crippen LogP) is 1.61. The van der Waals surface area contributed by atoms with Gasteiger partial charge in [-0.15, -0.1) is 0 Å². The summed E-state index contributed by atoms with van der Waals surface area (Å²) in [4.78, 5) is 22.0. The van der Waals surface area contributed by atoms with Crippen LogP contribution in [0.15, 0.2) is 42.9 Å². The van der Waals surface area contributed by atoms with Crippen LogP contribution in [0.4, 0.5) is 5.82 Å². The molecule has 0 saturated carbocycles. The molecule has 2 aromatic heterocycles. The molecule has 0 atom stereocenters. The second kappa shape index (κ2) is 7.01. The molecule has 0 bridgehead atoms. The fraction of sp³-hybridized carbons (Fsp3) is 0.200. The molecule has 0 aliphatic heterocycles. The van der Waals surface area contributed by atoms with Crippen LogP contribution in [-0.4, -0.2) is 27.3 Å². The lowest BCUT2D eigenvalue weighted by Gasteiger charge is -2.21. The highest BCUT2D eigenvalue weighted by Gasteiger charge is 2.16. The highest BCUT2D eigenvalue weighted by molar-refractivity contribution is 5.94. The number of rotatable bonds is 5. The highest BCUT2D eigenvalue weighted by Crippen LogP contribution is 2.10. The largest absolute Gasteiger partial charge is 0.384 e. The second-order valence-corrected chi connectivity index (χ2v) is 4.47. The van der Waals surface area contributed by atoms with Gasteiger partial charge in [0, 0.05) is 31.7 Å². The molecule has 2 aromatic rings. The van der Waals surface area contributed by atoms with E-state index < -0.39 is 0 Å². The van der Waals surface area contributed by atoms with Gasteiger partial charge in [-0.25, -0.2) is 4.98 Å². The van der Waals surface area contributed by atoms with Gasteiger partial charge in [-0.1, -0.05) is 6.07 Å². The predicted molar refractivity (Wildman–Crippen MR) is 77.9 cm³/mol. The van der Waals surface area contributed by atoms with Crippen molar-refractivity contribution in [3.05, 3.63) is 54.0 Å². The third-order valence-electron chi connectivity index (χ3n) is 2.91. The zero-order valence-corrected chi connectivity index (χ0v) is 11.4. The molecule has 2 heterocycles. The Labute approximate surface area is 122 Å². The summed E-state index contributed by atoms with van der Waals surface area (Å²) in [5.74, 6) is 0.184. The van der Waals surface area contributed by atoms with Crippen LogP contribution in [0.5, 0.6) is 0 Å². The van der Waals surface area contributed by atoms with Crippen LogP contribution in [-0.2, 0) is 6.54 Å². The molecule has 106 valence electrons. The van der Waals surface area contributed by atoms with Crippen LogP contribution >= 0.6 is 0 Å². The summed E-state index contributed by atoms with van der Waals surface area (Å²) in [6.07, 6.45) is 5.09. The van der Waals surface area contributed by atoms with Gasteiger partial charge in [-0.3, -0.25) is 9.78 Å². The molecule has 6 nitrogen and oxygen atoms in total. The number of nitriles is 1. The minimum absolute atomic E-state index is 0.179. The van der Waals surface area contributed by atoms with Crippen molar-refractivity contribution in [2.45, 2.75) is 13.0 Å². The number of nitrogens with zero attached hydrogens (tertiary/aromatic N) is 4. The normalized spacial score (nSPS) is 9.86. The lowest BCUT2D eigenvalue weighted by Crippen LogP contribution is -2.31. The van der Waals surface area contributed by atoms with Crippen molar-refractivity contribution >= 4 is 11.7 Å². The van der Waals surface area contributed by atoms with Crippen molar-refractivity contribution in [2.24, 2.45) is 0 Å². The van der Waals surface area contributed by atoms with E-state index >= 15 is 0 Å². The van der Waals surface area contributed by atoms with Gasteiger partial charge in [0.15, 0.2) is 0 Å². The zero-order valence-electron chi connectivity index (χ0n) is 11.4. The smallest absolute Gasteiger partial charge is 0.255 e. The lowest BCUT2D eigenvalue weighted by atomic mass is 10.2. The molecule has 21 heavy (non-hydrogen) atoms. The first kappa shape index (κ1) is 14.5. The van der Waals surface area contributed by atoms with Crippen LogP contribution < -0.4 is 5.73 Å². The van der Waals surface area contributed by atoms with Gasteiger partial charge in [0.25, 0.3) is 5.91 Å². The van der Waals surface area contributed by atoms with Crippen molar-refractivity contribution < 1.29 is 4.79 Å². The first-order valence-electron chi connectivity index (χ1n) is 6.47. The van der Waals surface area contributed by atoms with Crippen LogP contribution in [0.3, 0.4) is 0 Å². The summed E-state index contributed by atoms with van der Waals surface area (Å²) in [6.45, 7) is 0.757. The Balaban J connectivity index is 2.17. The summed E-state index contributed by atoms with van der Waals surface area (Å²) in [5.41, 5.74) is 6.88. The molecule has 0 fully saturated rings. The molecule has 0 saturated heterocycles. The minimum atomic E-state index is -0.179. The molecule has 2 N–H and O–H groups in total. The minimum Gasteiger partial charge on any atom is -0.384 e. The number of amides is 1. The van der Waals surface area contributed by atoms with E-state index in [1.807, 2.05) is 12.1 Å². The fourth-order valence-electron chi connectivity index (χ4n) is 1.86. The topological polar surface area (TPSA) is 95.9 Å². The van der Waals surface area contributed by atoms with Crippen molar-refractivity contribution in [1.82, 2.24) is 14.9 Å². The van der Waals surface area contributed by atoms with Crippen molar-refractivity contribution in [3.8, 4) is 6.07 Å². The first-order valence-corrected chi connectivity index (χ1v) is 6.47. The number of carbonyl (C=O) groups excluding carboxylic acids is 1. The van der Waals surface area contributed by atoms with E-state index in [1.54, 1.807) is 29.4 Å². The van der Waals surface area contributed by atoms with E-state index in [9.17, 15) is 4.79 Å². The van der Waals surface area contributed by atoms with Gasteiger partial charge in [0.1, 0.15) is 5.82 Å².